The molecule has 1 aliphatic carbocycles. The molecule has 1 aliphatic heterocycles. The van der Waals surface area contributed by atoms with Gasteiger partial charge in [-0.15, -0.1) is 0 Å². The van der Waals surface area contributed by atoms with Crippen LogP contribution in [0, 0.1) is 25.7 Å². The minimum absolute atomic E-state index is 0.0147. The van der Waals surface area contributed by atoms with Crippen LogP contribution in [0.1, 0.15) is 23.4 Å². The molecular weight excluding hydrogens is 272 g/mol. The van der Waals surface area contributed by atoms with Crippen LogP contribution in [0.2, 0.25) is 0 Å². The Morgan fingerprint density at radius 3 is 2.95 bits per heavy atom. The average molecular weight is 294 g/mol. The Morgan fingerprint density at radius 1 is 1.48 bits per heavy atom. The van der Waals surface area contributed by atoms with Crippen LogP contribution >= 0.6 is 0 Å². The molecule has 6 heteroatoms. The Labute approximate surface area is 124 Å². The number of methoxy groups -OCH3 is 1. The maximum atomic E-state index is 12.3. The van der Waals surface area contributed by atoms with Gasteiger partial charge in [-0.1, -0.05) is 5.16 Å². The largest absolute Gasteiger partial charge is 0.384 e. The second-order valence-corrected chi connectivity index (χ2v) is 5.98. The van der Waals surface area contributed by atoms with Gasteiger partial charge in [0.15, 0.2) is 0 Å². The molecule has 2 fully saturated rings. The SMILES string of the molecule is COC[C@@H]1[C@@H](NC(=O)Cc2c(C)noc2C)[C@@H]2CCO[C@H]12. The third-order valence-electron chi connectivity index (χ3n) is 4.73. The highest BCUT2D eigenvalue weighted by atomic mass is 16.5. The van der Waals surface area contributed by atoms with Crippen molar-refractivity contribution in [3.63, 3.8) is 0 Å². The summed E-state index contributed by atoms with van der Waals surface area (Å²) in [4.78, 5) is 12.3. The fraction of sp³-hybridized carbons (Fsp3) is 0.733. The van der Waals surface area contributed by atoms with Crippen LogP contribution in [0.4, 0.5) is 0 Å². The standard InChI is InChI=1S/C15H22N2O4/c1-8-11(9(2)21-17-8)6-13(18)16-14-10-4-5-20-15(10)12(14)7-19-3/h10,12,14-15H,4-7H2,1-3H3,(H,16,18)/t10-,12+,14-,15-/m0/s1. The molecule has 2 aliphatic rings. The van der Waals surface area contributed by atoms with Crippen molar-refractivity contribution in [3.8, 4) is 0 Å². The molecule has 4 atom stereocenters. The van der Waals surface area contributed by atoms with Gasteiger partial charge in [-0.2, -0.15) is 0 Å². The molecule has 1 N–H and O–H groups in total. The zero-order valence-electron chi connectivity index (χ0n) is 12.7. The van der Waals surface area contributed by atoms with E-state index < -0.39 is 0 Å². The van der Waals surface area contributed by atoms with Crippen molar-refractivity contribution < 1.29 is 18.8 Å². The number of nitrogens with zero attached hydrogens (tertiary/aromatic N) is 1. The molecule has 0 aromatic carbocycles. The summed E-state index contributed by atoms with van der Waals surface area (Å²) in [6.07, 6.45) is 1.57. The van der Waals surface area contributed by atoms with Gasteiger partial charge in [0.1, 0.15) is 5.76 Å². The molecule has 1 aromatic heterocycles. The summed E-state index contributed by atoms with van der Waals surface area (Å²) < 4.78 is 16.1. The van der Waals surface area contributed by atoms with E-state index in [1.54, 1.807) is 7.11 Å². The van der Waals surface area contributed by atoms with Gasteiger partial charge >= 0.3 is 0 Å². The Morgan fingerprint density at radius 2 is 2.29 bits per heavy atom. The first kappa shape index (κ1) is 14.5. The lowest BCUT2D eigenvalue weighted by atomic mass is 9.67. The summed E-state index contributed by atoms with van der Waals surface area (Å²) >= 11 is 0. The van der Waals surface area contributed by atoms with Crippen LogP contribution in [0.15, 0.2) is 4.52 Å². The topological polar surface area (TPSA) is 73.6 Å². The lowest BCUT2D eigenvalue weighted by molar-refractivity contribution is -0.129. The summed E-state index contributed by atoms with van der Waals surface area (Å²) in [7, 11) is 1.69. The Kier molecular flexibility index (Phi) is 3.99. The van der Waals surface area contributed by atoms with Gasteiger partial charge in [0.2, 0.25) is 5.91 Å². The lowest BCUT2D eigenvalue weighted by Gasteiger charge is -2.47. The number of ether oxygens (including phenoxy) is 2. The van der Waals surface area contributed by atoms with Crippen molar-refractivity contribution in [3.05, 3.63) is 17.0 Å². The summed E-state index contributed by atoms with van der Waals surface area (Å²) in [5.74, 6) is 1.42. The van der Waals surface area contributed by atoms with Crippen LogP contribution in [0.5, 0.6) is 0 Å². The van der Waals surface area contributed by atoms with Gasteiger partial charge < -0.3 is 19.3 Å². The fourth-order valence-corrected chi connectivity index (χ4v) is 3.59. The van der Waals surface area contributed by atoms with E-state index in [-0.39, 0.29) is 24.0 Å². The van der Waals surface area contributed by atoms with Crippen LogP contribution in [0.3, 0.4) is 0 Å². The molecule has 0 bridgehead atoms. The molecule has 1 saturated heterocycles. The molecule has 1 saturated carbocycles. The number of aryl methyl sites for hydroxylation is 2. The van der Waals surface area contributed by atoms with Crippen LogP contribution in [0.25, 0.3) is 0 Å². The number of carbonyl (C=O) groups is 1. The van der Waals surface area contributed by atoms with E-state index in [2.05, 4.69) is 10.5 Å². The number of amides is 1. The molecule has 3 rings (SSSR count). The van der Waals surface area contributed by atoms with E-state index in [1.165, 1.54) is 0 Å². The minimum Gasteiger partial charge on any atom is -0.384 e. The quantitative estimate of drug-likeness (QED) is 0.877. The fourth-order valence-electron chi connectivity index (χ4n) is 3.59. The van der Waals surface area contributed by atoms with E-state index in [4.69, 9.17) is 14.0 Å². The summed E-state index contributed by atoms with van der Waals surface area (Å²) in [6, 6.07) is 0.158. The Hall–Kier alpha value is -1.40. The van der Waals surface area contributed by atoms with Crippen LogP contribution in [-0.2, 0) is 20.7 Å². The van der Waals surface area contributed by atoms with E-state index in [9.17, 15) is 4.79 Å². The van der Waals surface area contributed by atoms with Crippen molar-refractivity contribution in [1.82, 2.24) is 10.5 Å². The second kappa shape index (κ2) is 5.77. The smallest absolute Gasteiger partial charge is 0.224 e. The molecule has 0 unspecified atom stereocenters. The highest BCUT2D eigenvalue weighted by molar-refractivity contribution is 5.79. The average Bonchev–Trinajstić information content (AvgIpc) is 3.01. The highest BCUT2D eigenvalue weighted by Crippen LogP contribution is 2.43. The highest BCUT2D eigenvalue weighted by Gasteiger charge is 2.54. The van der Waals surface area contributed by atoms with Crippen molar-refractivity contribution in [2.24, 2.45) is 11.8 Å². The second-order valence-electron chi connectivity index (χ2n) is 5.98. The number of carbonyl (C=O) groups excluding carboxylic acids is 1. The number of rotatable bonds is 5. The maximum absolute atomic E-state index is 12.3. The van der Waals surface area contributed by atoms with E-state index >= 15 is 0 Å². The van der Waals surface area contributed by atoms with E-state index in [0.717, 1.165) is 24.3 Å². The number of hydrogen-bond acceptors (Lipinski definition) is 5. The molecule has 2 heterocycles. The van der Waals surface area contributed by atoms with Crippen molar-refractivity contribution >= 4 is 5.91 Å². The summed E-state index contributed by atoms with van der Waals surface area (Å²) in [5, 5.41) is 7.03. The molecule has 21 heavy (non-hydrogen) atoms. The predicted molar refractivity (Wildman–Crippen MR) is 74.8 cm³/mol. The van der Waals surface area contributed by atoms with Gasteiger partial charge in [-0.05, 0) is 20.3 Å². The van der Waals surface area contributed by atoms with Crippen molar-refractivity contribution in [1.29, 1.82) is 0 Å². The van der Waals surface area contributed by atoms with Gasteiger partial charge in [0.05, 0.1) is 24.8 Å². The molecule has 1 aromatic rings. The molecule has 1 amide bonds. The predicted octanol–water partition coefficient (Wildman–Crippen LogP) is 1.00. The number of aromatic nitrogens is 1. The third kappa shape index (κ3) is 2.58. The first-order chi connectivity index (χ1) is 10.1. The number of fused-ring (bicyclic) bond motifs is 1. The molecule has 0 spiro atoms. The monoisotopic (exact) mass is 294 g/mol. The van der Waals surface area contributed by atoms with Crippen LogP contribution < -0.4 is 5.32 Å². The zero-order chi connectivity index (χ0) is 15.0. The summed E-state index contributed by atoms with van der Waals surface area (Å²) in [5.41, 5.74) is 1.67. The van der Waals surface area contributed by atoms with Gasteiger partial charge in [0.25, 0.3) is 0 Å². The Bertz CT molecular complexity index is 508. The first-order valence-electron chi connectivity index (χ1n) is 7.43. The van der Waals surface area contributed by atoms with Gasteiger partial charge in [0, 0.05) is 37.2 Å². The van der Waals surface area contributed by atoms with Crippen LogP contribution in [-0.4, -0.2) is 43.5 Å². The van der Waals surface area contributed by atoms with Gasteiger partial charge in [-0.3, -0.25) is 4.79 Å². The third-order valence-corrected chi connectivity index (χ3v) is 4.73. The first-order valence-corrected chi connectivity index (χ1v) is 7.43. The summed E-state index contributed by atoms with van der Waals surface area (Å²) in [6.45, 7) is 5.10. The number of hydrogen-bond donors (Lipinski definition) is 1. The number of nitrogens with one attached hydrogen (secondary N) is 1. The van der Waals surface area contributed by atoms with E-state index in [0.29, 0.717) is 24.7 Å². The molecule has 0 radical (unpaired) electrons. The molecule has 6 nitrogen and oxygen atoms in total. The lowest BCUT2D eigenvalue weighted by Crippen LogP contribution is -2.63. The van der Waals surface area contributed by atoms with Crippen molar-refractivity contribution in [2.45, 2.75) is 38.8 Å². The zero-order valence-corrected chi connectivity index (χ0v) is 12.7. The van der Waals surface area contributed by atoms with Gasteiger partial charge in [-0.25, -0.2) is 0 Å². The van der Waals surface area contributed by atoms with Crippen molar-refractivity contribution in [2.75, 3.05) is 20.3 Å². The normalized spacial score (nSPS) is 30.8. The van der Waals surface area contributed by atoms with E-state index in [1.807, 2.05) is 13.8 Å². The Balaban J connectivity index is 1.61. The molecule has 116 valence electrons. The minimum atomic E-state index is 0.0147. The maximum Gasteiger partial charge on any atom is 0.224 e. The molecular formula is C15H22N2O4.